The molecule has 10 heavy (non-hydrogen) atoms. The summed E-state index contributed by atoms with van der Waals surface area (Å²) in [4.78, 5) is 8.57. The summed E-state index contributed by atoms with van der Waals surface area (Å²) < 4.78 is 0. The first kappa shape index (κ1) is 9.92. The molecule has 3 heteroatoms. The van der Waals surface area contributed by atoms with Crippen LogP contribution in [0.25, 0.3) is 0 Å². The summed E-state index contributed by atoms with van der Waals surface area (Å²) in [5.41, 5.74) is 0. The fourth-order valence-electron chi connectivity index (χ4n) is 1.08. The number of rotatable bonds is 0. The predicted molar refractivity (Wildman–Crippen MR) is 41.7 cm³/mol. The number of carbonyl (C=O) groups is 1. The number of aliphatic hydroxyl groups excluding tert-OH is 1. The zero-order valence-electron chi connectivity index (χ0n) is 5.92. The van der Waals surface area contributed by atoms with Gasteiger partial charge >= 0.3 is 0 Å². The minimum atomic E-state index is 0.0359. The topological polar surface area (TPSA) is 37.3 Å². The molecule has 0 atom stereocenters. The fraction of sp³-hybridized carbons (Fsp3) is 0.857. The van der Waals surface area contributed by atoms with E-state index in [4.69, 9.17) is 9.90 Å². The van der Waals surface area contributed by atoms with Crippen molar-refractivity contribution in [3.63, 3.8) is 0 Å². The van der Waals surface area contributed by atoms with Crippen LogP contribution >= 0.6 is 11.6 Å². The van der Waals surface area contributed by atoms with Gasteiger partial charge in [-0.1, -0.05) is 19.3 Å². The summed E-state index contributed by atoms with van der Waals surface area (Å²) in [5, 5.41) is 8.91. The van der Waals surface area contributed by atoms with Gasteiger partial charge < -0.3 is 5.11 Å². The van der Waals surface area contributed by atoms with Crippen molar-refractivity contribution in [2.45, 2.75) is 38.2 Å². The van der Waals surface area contributed by atoms with Crippen LogP contribution in [0.1, 0.15) is 32.1 Å². The molecule has 0 saturated heterocycles. The van der Waals surface area contributed by atoms with Crippen molar-refractivity contribution in [3.05, 3.63) is 0 Å². The van der Waals surface area contributed by atoms with Crippen LogP contribution in [0.15, 0.2) is 0 Å². The molecule has 2 nitrogen and oxygen atoms in total. The molecule has 0 spiro atoms. The van der Waals surface area contributed by atoms with Crippen LogP contribution in [-0.2, 0) is 4.79 Å². The lowest BCUT2D eigenvalue weighted by Gasteiger charge is -2.14. The Balaban J connectivity index is 0.000000236. The molecular formula is C7H13ClO2. The highest BCUT2D eigenvalue weighted by molar-refractivity contribution is 6.54. The van der Waals surface area contributed by atoms with Gasteiger partial charge in [-0.25, -0.2) is 0 Å². The average Bonchev–Trinajstić information content (AvgIpc) is 1.91. The van der Waals surface area contributed by atoms with Gasteiger partial charge in [0.2, 0.25) is 5.75 Å². The number of halogens is 1. The van der Waals surface area contributed by atoms with Gasteiger partial charge in [0.25, 0.3) is 0 Å². The third kappa shape index (κ3) is 6.05. The molecule has 0 aromatic heterocycles. The van der Waals surface area contributed by atoms with Crippen molar-refractivity contribution in [2.75, 3.05) is 0 Å². The van der Waals surface area contributed by atoms with E-state index in [2.05, 4.69) is 11.6 Å². The lowest BCUT2D eigenvalue weighted by atomic mass is 9.98. The van der Waals surface area contributed by atoms with Crippen LogP contribution in [0.2, 0.25) is 0 Å². The Labute approximate surface area is 66.2 Å². The molecule has 1 aliphatic rings. The van der Waals surface area contributed by atoms with Gasteiger partial charge in [0.05, 0.1) is 6.10 Å². The molecular weight excluding hydrogens is 152 g/mol. The van der Waals surface area contributed by atoms with E-state index in [1.807, 2.05) is 0 Å². The van der Waals surface area contributed by atoms with Gasteiger partial charge in [0, 0.05) is 0 Å². The molecule has 0 heterocycles. The van der Waals surface area contributed by atoms with Gasteiger partial charge in [-0.15, -0.1) is 0 Å². The number of aliphatic hydroxyl groups is 1. The Morgan fingerprint density at radius 2 is 1.70 bits per heavy atom. The highest BCUT2D eigenvalue weighted by atomic mass is 35.5. The Morgan fingerprint density at radius 3 is 1.90 bits per heavy atom. The minimum absolute atomic E-state index is 0.0359. The lowest BCUT2D eigenvalue weighted by Crippen LogP contribution is -2.09. The van der Waals surface area contributed by atoms with Crippen molar-refractivity contribution in [2.24, 2.45) is 0 Å². The van der Waals surface area contributed by atoms with Crippen LogP contribution < -0.4 is 0 Å². The largest absolute Gasteiger partial charge is 0.393 e. The smallest absolute Gasteiger partial charge is 0.208 e. The van der Waals surface area contributed by atoms with E-state index in [1.54, 1.807) is 0 Å². The second-order valence-corrected chi connectivity index (χ2v) is 2.56. The second kappa shape index (κ2) is 7.03. The summed E-state index contributed by atoms with van der Waals surface area (Å²) in [6, 6.07) is 0. The molecule has 1 N–H and O–H groups in total. The first-order valence-electron chi connectivity index (χ1n) is 3.53. The molecule has 0 radical (unpaired) electrons. The van der Waals surface area contributed by atoms with E-state index >= 15 is 0 Å². The van der Waals surface area contributed by atoms with E-state index in [0.717, 1.165) is 12.8 Å². The molecule has 0 bridgehead atoms. The standard InChI is InChI=1S/C6H12O.CHClO/c7-6-4-2-1-3-5-6;2-1-3/h6-7H,1-5H2;1H. The quantitative estimate of drug-likeness (QED) is 0.437. The second-order valence-electron chi connectivity index (χ2n) is 2.38. The van der Waals surface area contributed by atoms with Gasteiger partial charge in [0.15, 0.2) is 0 Å². The average molecular weight is 165 g/mol. The van der Waals surface area contributed by atoms with E-state index in [1.165, 1.54) is 19.3 Å². The molecule has 0 aromatic rings. The Bertz CT molecular complexity index is 79.7. The first-order chi connectivity index (χ1) is 4.81. The van der Waals surface area contributed by atoms with Crippen LogP contribution in [0.3, 0.4) is 0 Å². The van der Waals surface area contributed by atoms with Crippen LogP contribution in [0, 0.1) is 0 Å². The van der Waals surface area contributed by atoms with E-state index in [0.29, 0.717) is 0 Å². The third-order valence-corrected chi connectivity index (χ3v) is 1.57. The van der Waals surface area contributed by atoms with E-state index in [9.17, 15) is 0 Å². The zero-order chi connectivity index (χ0) is 7.82. The van der Waals surface area contributed by atoms with Gasteiger partial charge in [0.1, 0.15) is 0 Å². The summed E-state index contributed by atoms with van der Waals surface area (Å²) in [5.74, 6) is 0.222. The summed E-state index contributed by atoms with van der Waals surface area (Å²) in [6.45, 7) is 0. The van der Waals surface area contributed by atoms with Gasteiger partial charge in [-0.2, -0.15) is 0 Å². The SMILES string of the molecule is O=CCl.OC1CCCCC1. The number of hydrogen-bond donors (Lipinski definition) is 1. The predicted octanol–water partition coefficient (Wildman–Crippen LogP) is 1.73. The van der Waals surface area contributed by atoms with Crippen molar-refractivity contribution < 1.29 is 9.90 Å². The van der Waals surface area contributed by atoms with Crippen LogP contribution in [0.5, 0.6) is 0 Å². The molecule has 1 fully saturated rings. The molecule has 0 aromatic carbocycles. The number of hydrogen-bond acceptors (Lipinski definition) is 2. The Kier molecular flexibility index (Phi) is 6.98. The van der Waals surface area contributed by atoms with Crippen LogP contribution in [0.4, 0.5) is 0 Å². The normalized spacial score (nSPS) is 19.0. The molecule has 1 rings (SSSR count). The molecule has 1 saturated carbocycles. The highest BCUT2D eigenvalue weighted by Crippen LogP contribution is 2.16. The maximum atomic E-state index is 8.91. The first-order valence-corrected chi connectivity index (χ1v) is 3.97. The highest BCUT2D eigenvalue weighted by Gasteiger charge is 2.07. The van der Waals surface area contributed by atoms with E-state index < -0.39 is 0 Å². The van der Waals surface area contributed by atoms with Crippen molar-refractivity contribution in [1.82, 2.24) is 0 Å². The Morgan fingerprint density at radius 1 is 1.30 bits per heavy atom. The fourth-order valence-corrected chi connectivity index (χ4v) is 1.08. The van der Waals surface area contributed by atoms with Crippen molar-refractivity contribution >= 4 is 17.3 Å². The molecule has 0 amide bonds. The molecule has 0 aliphatic heterocycles. The van der Waals surface area contributed by atoms with Crippen LogP contribution in [-0.4, -0.2) is 17.0 Å². The zero-order valence-corrected chi connectivity index (χ0v) is 6.68. The summed E-state index contributed by atoms with van der Waals surface area (Å²) in [6.07, 6.45) is 5.92. The summed E-state index contributed by atoms with van der Waals surface area (Å²) in [7, 11) is 0. The van der Waals surface area contributed by atoms with Gasteiger partial charge in [-0.3, -0.25) is 4.79 Å². The maximum Gasteiger partial charge on any atom is 0.208 e. The minimum Gasteiger partial charge on any atom is -0.393 e. The lowest BCUT2D eigenvalue weighted by molar-refractivity contribution is 0.130. The molecule has 1 aliphatic carbocycles. The van der Waals surface area contributed by atoms with Crippen molar-refractivity contribution in [1.29, 1.82) is 0 Å². The molecule has 0 unspecified atom stereocenters. The molecule has 60 valence electrons. The number of carbonyl (C=O) groups excluding carboxylic acids is 1. The third-order valence-electron chi connectivity index (χ3n) is 1.57. The van der Waals surface area contributed by atoms with Crippen molar-refractivity contribution in [3.8, 4) is 0 Å². The maximum absolute atomic E-state index is 8.91. The summed E-state index contributed by atoms with van der Waals surface area (Å²) >= 11 is 4.32. The van der Waals surface area contributed by atoms with Gasteiger partial charge in [-0.05, 0) is 24.4 Å². The Hall–Kier alpha value is -0.0800. The van der Waals surface area contributed by atoms with E-state index in [-0.39, 0.29) is 11.8 Å². The monoisotopic (exact) mass is 164 g/mol.